The second kappa shape index (κ2) is 4.44. The molecule has 3 nitrogen and oxygen atoms in total. The van der Waals surface area contributed by atoms with Crippen LogP contribution < -0.4 is 5.73 Å². The molecule has 0 radical (unpaired) electrons. The van der Waals surface area contributed by atoms with Gasteiger partial charge in [0.05, 0.1) is 5.60 Å². The molecule has 4 N–H and O–H groups in total. The molecule has 2 rings (SSSR count). The predicted molar refractivity (Wildman–Crippen MR) is 63.2 cm³/mol. The number of phenolic OH excluding ortho intramolecular Hbond substituents is 1. The van der Waals surface area contributed by atoms with E-state index in [9.17, 15) is 10.2 Å². The Bertz CT molecular complexity index is 339. The summed E-state index contributed by atoms with van der Waals surface area (Å²) in [6.45, 7) is 0. The van der Waals surface area contributed by atoms with E-state index in [-0.39, 0.29) is 11.8 Å². The molecule has 16 heavy (non-hydrogen) atoms. The summed E-state index contributed by atoms with van der Waals surface area (Å²) in [5, 5.41) is 19.6. The summed E-state index contributed by atoms with van der Waals surface area (Å²) in [5.74, 6) is 0.265. The topological polar surface area (TPSA) is 66.5 Å². The molecule has 0 aromatic heterocycles. The van der Waals surface area contributed by atoms with Gasteiger partial charge in [-0.2, -0.15) is 0 Å². The lowest BCUT2D eigenvalue weighted by molar-refractivity contribution is 0.000204. The number of aliphatic hydroxyl groups is 1. The number of rotatable bonds is 2. The van der Waals surface area contributed by atoms with Gasteiger partial charge >= 0.3 is 0 Å². The molecule has 88 valence electrons. The Labute approximate surface area is 95.9 Å². The minimum Gasteiger partial charge on any atom is -0.508 e. The van der Waals surface area contributed by atoms with Crippen molar-refractivity contribution in [1.29, 1.82) is 0 Å². The van der Waals surface area contributed by atoms with Gasteiger partial charge in [-0.25, -0.2) is 0 Å². The molecule has 1 aliphatic rings. The van der Waals surface area contributed by atoms with Crippen molar-refractivity contribution < 1.29 is 10.2 Å². The molecule has 0 heterocycles. The van der Waals surface area contributed by atoms with E-state index in [1.165, 1.54) is 0 Å². The third-order valence-corrected chi connectivity index (χ3v) is 3.43. The molecule has 0 bridgehead atoms. The summed E-state index contributed by atoms with van der Waals surface area (Å²) in [6, 6.07) is 7.30. The van der Waals surface area contributed by atoms with E-state index in [4.69, 9.17) is 5.73 Å². The summed E-state index contributed by atoms with van der Waals surface area (Å²) in [5.41, 5.74) is 6.29. The van der Waals surface area contributed by atoms with Gasteiger partial charge in [0.1, 0.15) is 5.75 Å². The Hall–Kier alpha value is -1.06. The fraction of sp³-hybridized carbons (Fsp3) is 0.538. The monoisotopic (exact) mass is 221 g/mol. The first kappa shape index (κ1) is 11.4. The van der Waals surface area contributed by atoms with Crippen LogP contribution in [0.5, 0.6) is 5.75 Å². The number of nitrogens with two attached hydrogens (primary N) is 1. The minimum absolute atomic E-state index is 0.250. The first-order valence-electron chi connectivity index (χ1n) is 5.83. The van der Waals surface area contributed by atoms with Gasteiger partial charge in [0.2, 0.25) is 0 Å². The van der Waals surface area contributed by atoms with Crippen LogP contribution in [0.4, 0.5) is 0 Å². The maximum atomic E-state index is 10.4. The highest BCUT2D eigenvalue weighted by atomic mass is 16.3. The van der Waals surface area contributed by atoms with Crippen LogP contribution in [0.3, 0.4) is 0 Å². The number of hydrogen-bond donors (Lipinski definition) is 3. The molecule has 1 aromatic carbocycles. The summed E-state index contributed by atoms with van der Waals surface area (Å²) in [7, 11) is 0. The van der Waals surface area contributed by atoms with Gasteiger partial charge in [-0.15, -0.1) is 0 Å². The molecule has 0 amide bonds. The van der Waals surface area contributed by atoms with Crippen LogP contribution >= 0.6 is 0 Å². The third kappa shape index (κ3) is 2.74. The van der Waals surface area contributed by atoms with Crippen molar-refractivity contribution in [3.63, 3.8) is 0 Å². The zero-order valence-electron chi connectivity index (χ0n) is 9.39. The Morgan fingerprint density at radius 3 is 2.31 bits per heavy atom. The van der Waals surface area contributed by atoms with E-state index < -0.39 is 5.60 Å². The number of aromatic hydroxyl groups is 1. The molecule has 0 unspecified atom stereocenters. The predicted octanol–water partition coefficient (Wildman–Crippen LogP) is 1.57. The van der Waals surface area contributed by atoms with Crippen LogP contribution in [0, 0.1) is 0 Å². The van der Waals surface area contributed by atoms with Crippen molar-refractivity contribution in [2.75, 3.05) is 0 Å². The van der Waals surface area contributed by atoms with Crippen LogP contribution in [0.15, 0.2) is 24.3 Å². The molecule has 0 atom stereocenters. The van der Waals surface area contributed by atoms with Crippen molar-refractivity contribution in [2.24, 2.45) is 5.73 Å². The second-order valence-corrected chi connectivity index (χ2v) is 4.90. The van der Waals surface area contributed by atoms with E-state index in [1.807, 2.05) is 12.1 Å². The molecule has 1 aliphatic carbocycles. The molecule has 1 fully saturated rings. The SMILES string of the molecule is NC1CCC(O)(Cc2ccc(O)cc2)CC1. The van der Waals surface area contributed by atoms with E-state index in [0.717, 1.165) is 31.2 Å². The molecular weight excluding hydrogens is 202 g/mol. The molecule has 3 heteroatoms. The highest BCUT2D eigenvalue weighted by Gasteiger charge is 2.31. The largest absolute Gasteiger partial charge is 0.508 e. The summed E-state index contributed by atoms with van der Waals surface area (Å²) >= 11 is 0. The first-order chi connectivity index (χ1) is 7.57. The van der Waals surface area contributed by atoms with Gasteiger partial charge in [-0.1, -0.05) is 12.1 Å². The van der Waals surface area contributed by atoms with Crippen molar-refractivity contribution in [3.8, 4) is 5.75 Å². The Morgan fingerprint density at radius 2 is 1.75 bits per heavy atom. The third-order valence-electron chi connectivity index (χ3n) is 3.43. The number of phenols is 1. The van der Waals surface area contributed by atoms with Crippen LogP contribution in [0.25, 0.3) is 0 Å². The zero-order valence-corrected chi connectivity index (χ0v) is 9.39. The highest BCUT2D eigenvalue weighted by molar-refractivity contribution is 5.27. The van der Waals surface area contributed by atoms with Crippen molar-refractivity contribution in [1.82, 2.24) is 0 Å². The van der Waals surface area contributed by atoms with Gasteiger partial charge in [-0.05, 0) is 43.4 Å². The minimum atomic E-state index is -0.604. The lowest BCUT2D eigenvalue weighted by Crippen LogP contribution is -2.40. The summed E-state index contributed by atoms with van der Waals surface area (Å²) in [6.07, 6.45) is 3.99. The van der Waals surface area contributed by atoms with Crippen LogP contribution in [0.2, 0.25) is 0 Å². The molecular formula is C13H19NO2. The van der Waals surface area contributed by atoms with Crippen molar-refractivity contribution >= 4 is 0 Å². The molecule has 1 aromatic rings. The van der Waals surface area contributed by atoms with Gasteiger partial charge in [0.15, 0.2) is 0 Å². The standard InChI is InChI=1S/C13H19NO2/c14-11-5-7-13(16,8-6-11)9-10-1-3-12(15)4-2-10/h1-4,11,15-16H,5-9,14H2. The Kier molecular flexibility index (Phi) is 3.17. The summed E-state index contributed by atoms with van der Waals surface area (Å²) in [4.78, 5) is 0. The molecule has 1 saturated carbocycles. The van der Waals surface area contributed by atoms with Gasteiger partial charge < -0.3 is 15.9 Å². The fourth-order valence-corrected chi connectivity index (χ4v) is 2.35. The molecule has 0 spiro atoms. The van der Waals surface area contributed by atoms with Crippen LogP contribution in [-0.4, -0.2) is 21.9 Å². The maximum Gasteiger partial charge on any atom is 0.115 e. The molecule has 0 saturated heterocycles. The van der Waals surface area contributed by atoms with Crippen molar-refractivity contribution in [2.45, 2.75) is 43.7 Å². The number of benzene rings is 1. The Balaban J connectivity index is 2.00. The smallest absolute Gasteiger partial charge is 0.115 e. The van der Waals surface area contributed by atoms with E-state index in [0.29, 0.717) is 6.42 Å². The van der Waals surface area contributed by atoms with E-state index >= 15 is 0 Å². The first-order valence-corrected chi connectivity index (χ1v) is 5.83. The fourth-order valence-electron chi connectivity index (χ4n) is 2.35. The van der Waals surface area contributed by atoms with Crippen LogP contribution in [-0.2, 0) is 6.42 Å². The lowest BCUT2D eigenvalue weighted by Gasteiger charge is -2.34. The second-order valence-electron chi connectivity index (χ2n) is 4.90. The van der Waals surface area contributed by atoms with Crippen molar-refractivity contribution in [3.05, 3.63) is 29.8 Å². The molecule has 0 aliphatic heterocycles. The zero-order chi connectivity index (χ0) is 11.6. The quantitative estimate of drug-likeness (QED) is 0.710. The van der Waals surface area contributed by atoms with E-state index in [2.05, 4.69) is 0 Å². The lowest BCUT2D eigenvalue weighted by atomic mass is 9.79. The average molecular weight is 221 g/mol. The van der Waals surface area contributed by atoms with E-state index in [1.54, 1.807) is 12.1 Å². The maximum absolute atomic E-state index is 10.4. The van der Waals surface area contributed by atoms with Gasteiger partial charge in [0, 0.05) is 12.5 Å². The number of hydrogen-bond acceptors (Lipinski definition) is 3. The average Bonchev–Trinajstić information content (AvgIpc) is 2.27. The highest BCUT2D eigenvalue weighted by Crippen LogP contribution is 2.31. The Morgan fingerprint density at radius 1 is 1.19 bits per heavy atom. The van der Waals surface area contributed by atoms with Gasteiger partial charge in [0.25, 0.3) is 0 Å². The normalized spacial score (nSPS) is 30.2. The van der Waals surface area contributed by atoms with Gasteiger partial charge in [-0.3, -0.25) is 0 Å². The summed E-state index contributed by atoms with van der Waals surface area (Å²) < 4.78 is 0. The van der Waals surface area contributed by atoms with Crippen LogP contribution in [0.1, 0.15) is 31.2 Å².